The molecular weight excluding hydrogens is 462 g/mol. The average molecular weight is 476 g/mol. The van der Waals surface area contributed by atoms with E-state index in [1.807, 2.05) is 49.4 Å². The summed E-state index contributed by atoms with van der Waals surface area (Å²) in [6.07, 6.45) is 0. The smallest absolute Gasteiger partial charge is 0.151 e. The second-order valence-corrected chi connectivity index (χ2v) is 8.61. The highest BCUT2D eigenvalue weighted by molar-refractivity contribution is 14.1. The van der Waals surface area contributed by atoms with Crippen LogP contribution in [0.25, 0.3) is 22.3 Å². The van der Waals surface area contributed by atoms with E-state index in [4.69, 9.17) is 4.42 Å². The molecule has 0 saturated heterocycles. The minimum absolute atomic E-state index is 0.318. The van der Waals surface area contributed by atoms with Crippen molar-refractivity contribution in [2.24, 2.45) is 0 Å². The fraction of sp³-hybridized carbons (Fsp3) is 0.0476. The molecule has 0 radical (unpaired) electrons. The van der Waals surface area contributed by atoms with E-state index in [9.17, 15) is 8.60 Å². The van der Waals surface area contributed by atoms with Crippen LogP contribution in [0.5, 0.6) is 0 Å². The summed E-state index contributed by atoms with van der Waals surface area (Å²) >= 11 is 2.25. The predicted octanol–water partition coefficient (Wildman–Crippen LogP) is 6.32. The molecule has 0 unspecified atom stereocenters. The minimum Gasteiger partial charge on any atom is -0.454 e. The summed E-state index contributed by atoms with van der Waals surface area (Å²) in [5, 5.41) is 0.830. The Morgan fingerprint density at radius 2 is 1.69 bits per heavy atom. The Labute approximate surface area is 166 Å². The van der Waals surface area contributed by atoms with Gasteiger partial charge in [0.15, 0.2) is 5.76 Å². The molecule has 0 N–H and O–H groups in total. The molecule has 0 saturated carbocycles. The molecule has 0 amide bonds. The Bertz CT molecular complexity index is 1120. The van der Waals surface area contributed by atoms with E-state index in [0.29, 0.717) is 26.7 Å². The van der Waals surface area contributed by atoms with Crippen LogP contribution in [0.3, 0.4) is 0 Å². The number of halogens is 2. The number of hydrogen-bond acceptors (Lipinski definition) is 2. The second-order valence-electron chi connectivity index (χ2n) is 5.95. The molecule has 0 aliphatic heterocycles. The van der Waals surface area contributed by atoms with Gasteiger partial charge in [0, 0.05) is 19.4 Å². The van der Waals surface area contributed by atoms with E-state index in [2.05, 4.69) is 22.6 Å². The van der Waals surface area contributed by atoms with Crippen LogP contribution in [0.1, 0.15) is 5.56 Å². The Morgan fingerprint density at radius 1 is 1.00 bits per heavy atom. The van der Waals surface area contributed by atoms with Gasteiger partial charge in [-0.25, -0.2) is 8.60 Å². The van der Waals surface area contributed by atoms with E-state index in [-0.39, 0.29) is 5.82 Å². The van der Waals surface area contributed by atoms with Crippen LogP contribution >= 0.6 is 22.6 Å². The van der Waals surface area contributed by atoms with Gasteiger partial charge in [-0.15, -0.1) is 0 Å². The van der Waals surface area contributed by atoms with Gasteiger partial charge >= 0.3 is 0 Å². The number of hydrogen-bond donors (Lipinski definition) is 0. The van der Waals surface area contributed by atoms with Crippen LogP contribution in [-0.2, 0) is 10.8 Å². The Morgan fingerprint density at radius 3 is 2.38 bits per heavy atom. The Hall–Kier alpha value is -1.99. The van der Waals surface area contributed by atoms with Crippen LogP contribution in [0.15, 0.2) is 80.9 Å². The highest BCUT2D eigenvalue weighted by atomic mass is 127. The van der Waals surface area contributed by atoms with Gasteiger partial charge in [0.1, 0.15) is 11.4 Å². The van der Waals surface area contributed by atoms with Gasteiger partial charge in [-0.05, 0) is 83.6 Å². The maximum absolute atomic E-state index is 13.4. The normalized spacial score (nSPS) is 12.4. The third-order valence-corrected chi connectivity index (χ3v) is 6.24. The number of fused-ring (bicyclic) bond motifs is 1. The van der Waals surface area contributed by atoms with E-state index in [0.717, 1.165) is 14.5 Å². The first kappa shape index (κ1) is 17.4. The lowest BCUT2D eigenvalue weighted by Gasteiger charge is -2.04. The van der Waals surface area contributed by atoms with Crippen molar-refractivity contribution in [3.05, 3.63) is 81.7 Å². The van der Waals surface area contributed by atoms with Gasteiger partial charge in [-0.1, -0.05) is 18.2 Å². The lowest BCUT2D eigenvalue weighted by molar-refractivity contribution is 0.616. The molecule has 0 aliphatic rings. The first-order chi connectivity index (χ1) is 12.5. The first-order valence-corrected chi connectivity index (χ1v) is 10.2. The maximum atomic E-state index is 13.4. The lowest BCUT2D eigenvalue weighted by Crippen LogP contribution is -1.94. The van der Waals surface area contributed by atoms with Crippen LogP contribution in [0, 0.1) is 16.3 Å². The van der Waals surface area contributed by atoms with Gasteiger partial charge in [0.2, 0.25) is 0 Å². The standard InChI is InChI=1S/C21H14FIO2S/c1-13-11-16(23)12-18-19(13)25-20(14-7-9-15(22)10-8-14)21(18)26(24)17-5-3-2-4-6-17/h2-12H,1H3/t26-/m0/s1. The fourth-order valence-corrected chi connectivity index (χ4v) is 5.04. The van der Waals surface area contributed by atoms with Crippen molar-refractivity contribution < 1.29 is 13.0 Å². The van der Waals surface area contributed by atoms with Crippen molar-refractivity contribution in [2.75, 3.05) is 0 Å². The SMILES string of the molecule is Cc1cc(I)cc2c([S@@](=O)c3ccccc3)c(-c3ccc(F)cc3)oc12. The molecule has 1 heterocycles. The molecule has 4 aromatic rings. The fourth-order valence-electron chi connectivity index (χ4n) is 2.94. The number of aryl methyl sites for hydroxylation is 1. The van der Waals surface area contributed by atoms with E-state index >= 15 is 0 Å². The van der Waals surface area contributed by atoms with E-state index in [1.54, 1.807) is 12.1 Å². The van der Waals surface area contributed by atoms with Crippen LogP contribution in [-0.4, -0.2) is 4.21 Å². The molecule has 0 fully saturated rings. The Kier molecular flexibility index (Phi) is 4.67. The summed E-state index contributed by atoms with van der Waals surface area (Å²) in [5.41, 5.74) is 2.40. The van der Waals surface area contributed by atoms with Gasteiger partial charge in [-0.2, -0.15) is 0 Å². The molecular formula is C21H14FIO2S. The summed E-state index contributed by atoms with van der Waals surface area (Å²) in [7, 11) is -1.42. The summed E-state index contributed by atoms with van der Waals surface area (Å²) in [6.45, 7) is 1.97. The van der Waals surface area contributed by atoms with Crippen molar-refractivity contribution in [3.63, 3.8) is 0 Å². The zero-order chi connectivity index (χ0) is 18.3. The lowest BCUT2D eigenvalue weighted by atomic mass is 10.1. The third kappa shape index (κ3) is 3.10. The molecule has 0 aliphatic carbocycles. The Balaban J connectivity index is 2.03. The van der Waals surface area contributed by atoms with E-state index in [1.165, 1.54) is 12.1 Å². The van der Waals surface area contributed by atoms with Crippen LogP contribution in [0.2, 0.25) is 0 Å². The monoisotopic (exact) mass is 476 g/mol. The predicted molar refractivity (Wildman–Crippen MR) is 110 cm³/mol. The maximum Gasteiger partial charge on any atom is 0.151 e. The van der Waals surface area contributed by atoms with Gasteiger partial charge in [-0.3, -0.25) is 0 Å². The molecule has 0 spiro atoms. The minimum atomic E-state index is -1.42. The van der Waals surface area contributed by atoms with Gasteiger partial charge < -0.3 is 4.42 Å². The largest absolute Gasteiger partial charge is 0.454 e. The molecule has 4 rings (SSSR count). The van der Waals surface area contributed by atoms with Gasteiger partial charge in [0.25, 0.3) is 0 Å². The number of furan rings is 1. The molecule has 0 bridgehead atoms. The summed E-state index contributed by atoms with van der Waals surface area (Å²) in [6, 6.07) is 19.4. The topological polar surface area (TPSA) is 30.2 Å². The summed E-state index contributed by atoms with van der Waals surface area (Å²) < 4.78 is 33.9. The molecule has 130 valence electrons. The van der Waals surface area contributed by atoms with Crippen molar-refractivity contribution in [2.45, 2.75) is 16.7 Å². The van der Waals surface area contributed by atoms with Crippen LogP contribution in [0.4, 0.5) is 4.39 Å². The number of rotatable bonds is 3. The van der Waals surface area contributed by atoms with Gasteiger partial charge in [0.05, 0.1) is 15.7 Å². The molecule has 26 heavy (non-hydrogen) atoms. The van der Waals surface area contributed by atoms with Crippen molar-refractivity contribution >= 4 is 44.4 Å². The molecule has 2 nitrogen and oxygen atoms in total. The quantitative estimate of drug-likeness (QED) is 0.324. The number of benzene rings is 3. The summed E-state index contributed by atoms with van der Waals surface area (Å²) in [5.74, 6) is 0.202. The second kappa shape index (κ2) is 6.96. The highest BCUT2D eigenvalue weighted by Crippen LogP contribution is 2.39. The highest BCUT2D eigenvalue weighted by Gasteiger charge is 2.23. The van der Waals surface area contributed by atoms with Crippen molar-refractivity contribution in [3.8, 4) is 11.3 Å². The zero-order valence-electron chi connectivity index (χ0n) is 13.8. The van der Waals surface area contributed by atoms with Crippen molar-refractivity contribution in [1.82, 2.24) is 0 Å². The first-order valence-electron chi connectivity index (χ1n) is 8.00. The third-order valence-electron chi connectivity index (χ3n) is 4.14. The molecule has 3 aromatic carbocycles. The summed E-state index contributed by atoms with van der Waals surface area (Å²) in [4.78, 5) is 1.33. The van der Waals surface area contributed by atoms with Crippen molar-refractivity contribution in [1.29, 1.82) is 0 Å². The van der Waals surface area contributed by atoms with E-state index < -0.39 is 10.8 Å². The molecule has 5 heteroatoms. The van der Waals surface area contributed by atoms with Crippen LogP contribution < -0.4 is 0 Å². The zero-order valence-corrected chi connectivity index (χ0v) is 16.8. The molecule has 1 atom stereocenters. The molecule has 1 aromatic heterocycles. The average Bonchev–Trinajstić information content (AvgIpc) is 3.02.